The van der Waals surface area contributed by atoms with Gasteiger partial charge in [0, 0.05) is 30.1 Å². The van der Waals surface area contributed by atoms with E-state index in [1.165, 1.54) is 16.4 Å². The normalized spacial score (nSPS) is 17.6. The number of sulfonamides is 1. The second kappa shape index (κ2) is 7.94. The Bertz CT molecular complexity index is 1220. The van der Waals surface area contributed by atoms with E-state index in [1.54, 1.807) is 17.0 Å². The highest BCUT2D eigenvalue weighted by Gasteiger charge is 2.33. The van der Waals surface area contributed by atoms with Gasteiger partial charge in [-0.05, 0) is 49.2 Å². The smallest absolute Gasteiger partial charge is 0.254 e. The fourth-order valence-corrected chi connectivity index (χ4v) is 5.51. The molecule has 1 aromatic heterocycles. The van der Waals surface area contributed by atoms with Crippen LogP contribution in [0.1, 0.15) is 23.2 Å². The molecule has 2 aliphatic heterocycles. The van der Waals surface area contributed by atoms with E-state index in [1.807, 2.05) is 36.4 Å². The highest BCUT2D eigenvalue weighted by atomic mass is 32.2. The second-order valence-electron chi connectivity index (χ2n) is 7.93. The molecule has 160 valence electrons. The van der Waals surface area contributed by atoms with E-state index in [4.69, 9.17) is 4.74 Å². The lowest BCUT2D eigenvalue weighted by molar-refractivity contribution is 0.0161. The fourth-order valence-electron chi connectivity index (χ4n) is 3.99. The number of ether oxygens (including phenoxy) is 1. The molecule has 8 heteroatoms. The molecule has 2 aromatic carbocycles. The molecule has 0 unspecified atom stereocenters. The van der Waals surface area contributed by atoms with Gasteiger partial charge in [-0.25, -0.2) is 13.4 Å². The van der Waals surface area contributed by atoms with Crippen molar-refractivity contribution in [2.24, 2.45) is 0 Å². The Morgan fingerprint density at radius 2 is 1.65 bits per heavy atom. The largest absolute Gasteiger partial charge is 0.471 e. The van der Waals surface area contributed by atoms with E-state index in [-0.39, 0.29) is 16.9 Å². The molecule has 1 amide bonds. The molecule has 0 aliphatic carbocycles. The molecule has 2 saturated heterocycles. The molecule has 0 atom stereocenters. The predicted octanol–water partition coefficient (Wildman–Crippen LogP) is 2.92. The monoisotopic (exact) mass is 437 g/mol. The number of para-hydroxylation sites is 1. The van der Waals surface area contributed by atoms with E-state index in [9.17, 15) is 13.2 Å². The summed E-state index contributed by atoms with van der Waals surface area (Å²) in [7, 11) is -3.47. The summed E-state index contributed by atoms with van der Waals surface area (Å²) in [5.41, 5.74) is 1.35. The number of likely N-dealkylation sites (tertiary alicyclic amines) is 1. The van der Waals surface area contributed by atoms with Gasteiger partial charge in [0.1, 0.15) is 6.10 Å². The van der Waals surface area contributed by atoms with Gasteiger partial charge in [0.15, 0.2) is 0 Å². The maximum Gasteiger partial charge on any atom is 0.254 e. The Labute approximate surface area is 181 Å². The fraction of sp³-hybridized carbons (Fsp3) is 0.304. The number of fused-ring (bicyclic) bond motifs is 1. The summed E-state index contributed by atoms with van der Waals surface area (Å²) in [6.07, 6.45) is 1.68. The number of amides is 1. The molecule has 7 nitrogen and oxygen atoms in total. The Balaban J connectivity index is 1.20. The van der Waals surface area contributed by atoms with Gasteiger partial charge in [-0.2, -0.15) is 4.31 Å². The minimum Gasteiger partial charge on any atom is -0.471 e. The van der Waals surface area contributed by atoms with E-state index in [0.717, 1.165) is 23.7 Å². The molecular weight excluding hydrogens is 414 g/mol. The topological polar surface area (TPSA) is 79.8 Å². The molecule has 3 heterocycles. The summed E-state index contributed by atoms with van der Waals surface area (Å²) >= 11 is 0. The van der Waals surface area contributed by atoms with Crippen molar-refractivity contribution in [3.05, 3.63) is 66.2 Å². The number of carbonyl (C=O) groups is 1. The van der Waals surface area contributed by atoms with E-state index in [2.05, 4.69) is 4.98 Å². The standard InChI is InChI=1S/C23H23N3O4S/c27-23(18-7-10-20(11-8-18)31(28,29)26-13-3-4-14-26)25-15-19(16-25)30-22-12-9-17-5-1-2-6-21(17)24-22/h1-2,5-12,19H,3-4,13-16H2. The lowest BCUT2D eigenvalue weighted by Crippen LogP contribution is -2.56. The minimum atomic E-state index is -3.47. The van der Waals surface area contributed by atoms with Gasteiger partial charge in [0.2, 0.25) is 15.9 Å². The summed E-state index contributed by atoms with van der Waals surface area (Å²) in [5.74, 6) is 0.420. The lowest BCUT2D eigenvalue weighted by atomic mass is 10.1. The molecule has 2 aliphatic rings. The first-order valence-electron chi connectivity index (χ1n) is 10.4. The van der Waals surface area contributed by atoms with Crippen LogP contribution in [0, 0.1) is 0 Å². The maximum atomic E-state index is 12.7. The number of pyridine rings is 1. The molecule has 0 bridgehead atoms. The number of nitrogens with zero attached hydrogens (tertiary/aromatic N) is 3. The molecule has 0 radical (unpaired) electrons. The van der Waals surface area contributed by atoms with Gasteiger partial charge in [-0.15, -0.1) is 0 Å². The Morgan fingerprint density at radius 1 is 0.935 bits per heavy atom. The first kappa shape index (κ1) is 20.0. The average molecular weight is 438 g/mol. The first-order valence-corrected chi connectivity index (χ1v) is 11.9. The zero-order valence-corrected chi connectivity index (χ0v) is 17.8. The van der Waals surface area contributed by atoms with Crippen molar-refractivity contribution in [3.8, 4) is 5.88 Å². The van der Waals surface area contributed by atoms with Crippen molar-refractivity contribution in [2.45, 2.75) is 23.8 Å². The van der Waals surface area contributed by atoms with E-state index >= 15 is 0 Å². The maximum absolute atomic E-state index is 12.7. The first-order chi connectivity index (χ1) is 15.0. The summed E-state index contributed by atoms with van der Waals surface area (Å²) < 4.78 is 32.7. The van der Waals surface area contributed by atoms with Crippen LogP contribution in [0.25, 0.3) is 10.9 Å². The van der Waals surface area contributed by atoms with Crippen molar-refractivity contribution in [1.82, 2.24) is 14.2 Å². The van der Waals surface area contributed by atoms with Crippen molar-refractivity contribution < 1.29 is 17.9 Å². The summed E-state index contributed by atoms with van der Waals surface area (Å²) in [6.45, 7) is 2.07. The SMILES string of the molecule is O=C(c1ccc(S(=O)(=O)N2CCCC2)cc1)N1CC(Oc2ccc3ccccc3n2)C1. The van der Waals surface area contributed by atoms with Crippen LogP contribution >= 0.6 is 0 Å². The third kappa shape index (κ3) is 3.88. The van der Waals surface area contributed by atoms with Crippen LogP contribution in [0.4, 0.5) is 0 Å². The molecule has 5 rings (SSSR count). The van der Waals surface area contributed by atoms with Crippen molar-refractivity contribution in [3.63, 3.8) is 0 Å². The van der Waals surface area contributed by atoms with Gasteiger partial charge < -0.3 is 9.64 Å². The minimum absolute atomic E-state index is 0.104. The Morgan fingerprint density at radius 3 is 2.39 bits per heavy atom. The van der Waals surface area contributed by atoms with Crippen LogP contribution in [0.15, 0.2) is 65.6 Å². The van der Waals surface area contributed by atoms with Gasteiger partial charge in [0.25, 0.3) is 5.91 Å². The summed E-state index contributed by atoms with van der Waals surface area (Å²) in [4.78, 5) is 19.1. The predicted molar refractivity (Wildman–Crippen MR) is 116 cm³/mol. The third-order valence-electron chi connectivity index (χ3n) is 5.80. The van der Waals surface area contributed by atoms with Gasteiger partial charge in [-0.3, -0.25) is 4.79 Å². The molecule has 0 saturated carbocycles. The van der Waals surface area contributed by atoms with Crippen molar-refractivity contribution in [2.75, 3.05) is 26.2 Å². The Kier molecular flexibility index (Phi) is 5.11. The van der Waals surface area contributed by atoms with Crippen LogP contribution in [-0.4, -0.2) is 60.8 Å². The van der Waals surface area contributed by atoms with Gasteiger partial charge in [0.05, 0.1) is 23.5 Å². The quantitative estimate of drug-likeness (QED) is 0.613. The van der Waals surface area contributed by atoms with Gasteiger partial charge >= 0.3 is 0 Å². The number of hydrogen-bond donors (Lipinski definition) is 0. The third-order valence-corrected chi connectivity index (χ3v) is 7.71. The Hall–Kier alpha value is -2.97. The average Bonchev–Trinajstić information content (AvgIpc) is 3.31. The summed E-state index contributed by atoms with van der Waals surface area (Å²) in [5, 5.41) is 1.05. The molecular formula is C23H23N3O4S. The van der Waals surface area contributed by atoms with Crippen LogP contribution in [0.2, 0.25) is 0 Å². The number of carbonyl (C=O) groups excluding carboxylic acids is 1. The number of hydrogen-bond acceptors (Lipinski definition) is 5. The number of benzene rings is 2. The van der Waals surface area contributed by atoms with Gasteiger partial charge in [-0.1, -0.05) is 18.2 Å². The summed E-state index contributed by atoms with van der Waals surface area (Å²) in [6, 6.07) is 17.9. The molecule has 31 heavy (non-hydrogen) atoms. The molecule has 0 N–H and O–H groups in total. The van der Waals surface area contributed by atoms with Crippen molar-refractivity contribution >= 4 is 26.8 Å². The van der Waals surface area contributed by atoms with Crippen molar-refractivity contribution in [1.29, 1.82) is 0 Å². The highest BCUT2D eigenvalue weighted by molar-refractivity contribution is 7.89. The highest BCUT2D eigenvalue weighted by Crippen LogP contribution is 2.24. The van der Waals surface area contributed by atoms with Crippen LogP contribution in [0.5, 0.6) is 5.88 Å². The van der Waals surface area contributed by atoms with E-state index in [0.29, 0.717) is 37.6 Å². The molecule has 2 fully saturated rings. The lowest BCUT2D eigenvalue weighted by Gasteiger charge is -2.38. The molecule has 3 aromatic rings. The second-order valence-corrected chi connectivity index (χ2v) is 9.87. The molecule has 0 spiro atoms. The van der Waals surface area contributed by atoms with E-state index < -0.39 is 10.0 Å². The van der Waals surface area contributed by atoms with Crippen LogP contribution < -0.4 is 4.74 Å². The zero-order chi connectivity index (χ0) is 21.4. The van der Waals surface area contributed by atoms with Crippen LogP contribution in [-0.2, 0) is 10.0 Å². The number of rotatable bonds is 5. The number of aromatic nitrogens is 1. The van der Waals surface area contributed by atoms with Crippen LogP contribution in [0.3, 0.4) is 0 Å². The zero-order valence-electron chi connectivity index (χ0n) is 17.0.